The molecule has 0 bridgehead atoms. The zero-order valence-corrected chi connectivity index (χ0v) is 11.2. The lowest BCUT2D eigenvalue weighted by Gasteiger charge is -2.38. The summed E-state index contributed by atoms with van der Waals surface area (Å²) in [7, 11) is 0. The van der Waals surface area contributed by atoms with Crippen molar-refractivity contribution in [3.05, 3.63) is 0 Å². The molecule has 0 amide bonds. The zero-order valence-electron chi connectivity index (χ0n) is 11.2. The molecule has 0 radical (unpaired) electrons. The molecular weight excluding hydrogens is 208 g/mol. The van der Waals surface area contributed by atoms with Crippen molar-refractivity contribution in [3.8, 4) is 0 Å². The van der Waals surface area contributed by atoms with Crippen LogP contribution in [-0.4, -0.2) is 36.1 Å². The molecule has 1 heterocycles. The highest BCUT2D eigenvalue weighted by molar-refractivity contribution is 4.87. The molecule has 2 heteroatoms. The Morgan fingerprint density at radius 1 is 0.706 bits per heavy atom. The SMILES string of the molecule is C1CCC(NC2CCCN(C3CCCC3)C2)C1. The predicted molar refractivity (Wildman–Crippen MR) is 72.2 cm³/mol. The second kappa shape index (κ2) is 5.71. The number of hydrogen-bond donors (Lipinski definition) is 1. The van der Waals surface area contributed by atoms with E-state index >= 15 is 0 Å². The summed E-state index contributed by atoms with van der Waals surface area (Å²) in [6, 6.07) is 2.58. The molecule has 3 aliphatic rings. The van der Waals surface area contributed by atoms with Crippen molar-refractivity contribution in [1.82, 2.24) is 10.2 Å². The molecule has 98 valence electrons. The fourth-order valence-corrected chi connectivity index (χ4v) is 4.17. The van der Waals surface area contributed by atoms with Crippen molar-refractivity contribution in [1.29, 1.82) is 0 Å². The summed E-state index contributed by atoms with van der Waals surface area (Å²) in [6.45, 7) is 2.70. The van der Waals surface area contributed by atoms with E-state index in [1.165, 1.54) is 77.3 Å². The van der Waals surface area contributed by atoms with Gasteiger partial charge >= 0.3 is 0 Å². The molecule has 0 aromatic carbocycles. The average Bonchev–Trinajstić information content (AvgIpc) is 3.01. The van der Waals surface area contributed by atoms with Crippen molar-refractivity contribution < 1.29 is 0 Å². The quantitative estimate of drug-likeness (QED) is 0.810. The number of hydrogen-bond acceptors (Lipinski definition) is 2. The standard InChI is InChI=1S/C15H28N2/c1-2-7-13(6-1)16-14-8-5-11-17(12-14)15-9-3-4-10-15/h13-16H,1-12H2. The van der Waals surface area contributed by atoms with Crippen molar-refractivity contribution in [2.45, 2.75) is 82.3 Å². The van der Waals surface area contributed by atoms with Crippen LogP contribution in [0.15, 0.2) is 0 Å². The average molecular weight is 236 g/mol. The van der Waals surface area contributed by atoms with Gasteiger partial charge in [0, 0.05) is 24.7 Å². The van der Waals surface area contributed by atoms with Crippen molar-refractivity contribution in [2.24, 2.45) is 0 Å². The Kier molecular flexibility index (Phi) is 4.02. The second-order valence-corrected chi connectivity index (χ2v) is 6.42. The van der Waals surface area contributed by atoms with Crippen LogP contribution in [0.3, 0.4) is 0 Å². The van der Waals surface area contributed by atoms with Crippen LogP contribution in [0.1, 0.15) is 64.2 Å². The van der Waals surface area contributed by atoms with Gasteiger partial charge in [0.1, 0.15) is 0 Å². The molecular formula is C15H28N2. The van der Waals surface area contributed by atoms with Crippen LogP contribution in [0.25, 0.3) is 0 Å². The first-order valence-corrected chi connectivity index (χ1v) is 7.92. The van der Waals surface area contributed by atoms with Gasteiger partial charge in [-0.2, -0.15) is 0 Å². The zero-order chi connectivity index (χ0) is 11.5. The van der Waals surface area contributed by atoms with Crippen LogP contribution in [-0.2, 0) is 0 Å². The number of likely N-dealkylation sites (tertiary alicyclic amines) is 1. The molecule has 17 heavy (non-hydrogen) atoms. The third-order valence-corrected chi connectivity index (χ3v) is 5.12. The molecule has 1 aliphatic heterocycles. The van der Waals surface area contributed by atoms with Crippen LogP contribution in [0, 0.1) is 0 Å². The van der Waals surface area contributed by atoms with Gasteiger partial charge < -0.3 is 5.32 Å². The Balaban J connectivity index is 1.48. The van der Waals surface area contributed by atoms with Gasteiger partial charge in [-0.25, -0.2) is 0 Å². The first kappa shape index (κ1) is 12.0. The summed E-state index contributed by atoms with van der Waals surface area (Å²) in [5, 5.41) is 3.93. The van der Waals surface area contributed by atoms with E-state index in [0.717, 1.165) is 18.1 Å². The molecule has 3 fully saturated rings. The van der Waals surface area contributed by atoms with E-state index in [1.54, 1.807) is 0 Å². The minimum Gasteiger partial charge on any atom is -0.310 e. The van der Waals surface area contributed by atoms with E-state index < -0.39 is 0 Å². The molecule has 2 aliphatic carbocycles. The van der Waals surface area contributed by atoms with Crippen LogP contribution in [0.5, 0.6) is 0 Å². The van der Waals surface area contributed by atoms with Gasteiger partial charge in [-0.15, -0.1) is 0 Å². The van der Waals surface area contributed by atoms with E-state index in [9.17, 15) is 0 Å². The van der Waals surface area contributed by atoms with Gasteiger partial charge in [-0.3, -0.25) is 4.90 Å². The topological polar surface area (TPSA) is 15.3 Å². The normalized spacial score (nSPS) is 33.5. The third-order valence-electron chi connectivity index (χ3n) is 5.12. The minimum absolute atomic E-state index is 0.799. The number of nitrogens with zero attached hydrogens (tertiary/aromatic N) is 1. The first-order valence-electron chi connectivity index (χ1n) is 7.92. The minimum atomic E-state index is 0.799. The van der Waals surface area contributed by atoms with Crippen LogP contribution < -0.4 is 5.32 Å². The molecule has 1 saturated heterocycles. The monoisotopic (exact) mass is 236 g/mol. The molecule has 0 aromatic heterocycles. The van der Waals surface area contributed by atoms with Crippen molar-refractivity contribution >= 4 is 0 Å². The van der Waals surface area contributed by atoms with Gasteiger partial charge in [0.05, 0.1) is 0 Å². The second-order valence-electron chi connectivity index (χ2n) is 6.42. The lowest BCUT2D eigenvalue weighted by atomic mass is 10.0. The number of rotatable bonds is 3. The fraction of sp³-hybridized carbons (Fsp3) is 1.00. The highest BCUT2D eigenvalue weighted by Crippen LogP contribution is 2.27. The molecule has 1 N–H and O–H groups in total. The molecule has 0 spiro atoms. The molecule has 1 atom stereocenters. The fourth-order valence-electron chi connectivity index (χ4n) is 4.17. The molecule has 1 unspecified atom stereocenters. The summed E-state index contributed by atoms with van der Waals surface area (Å²) in [5.74, 6) is 0. The van der Waals surface area contributed by atoms with E-state index in [2.05, 4.69) is 10.2 Å². The van der Waals surface area contributed by atoms with Crippen LogP contribution >= 0.6 is 0 Å². The number of piperidine rings is 1. The summed E-state index contributed by atoms with van der Waals surface area (Å²) >= 11 is 0. The molecule has 3 rings (SSSR count). The largest absolute Gasteiger partial charge is 0.310 e. The lowest BCUT2D eigenvalue weighted by molar-refractivity contribution is 0.134. The smallest absolute Gasteiger partial charge is 0.0198 e. The molecule has 2 saturated carbocycles. The third kappa shape index (κ3) is 3.03. The summed E-state index contributed by atoms with van der Waals surface area (Å²) in [6.07, 6.45) is 14.5. The lowest BCUT2D eigenvalue weighted by Crippen LogP contribution is -2.51. The van der Waals surface area contributed by atoms with Crippen LogP contribution in [0.2, 0.25) is 0 Å². The van der Waals surface area contributed by atoms with E-state index in [4.69, 9.17) is 0 Å². The summed E-state index contributed by atoms with van der Waals surface area (Å²) < 4.78 is 0. The summed E-state index contributed by atoms with van der Waals surface area (Å²) in [4.78, 5) is 2.79. The van der Waals surface area contributed by atoms with Crippen LogP contribution in [0.4, 0.5) is 0 Å². The van der Waals surface area contributed by atoms with Gasteiger partial charge in [0.25, 0.3) is 0 Å². The summed E-state index contributed by atoms with van der Waals surface area (Å²) in [5.41, 5.74) is 0. The van der Waals surface area contributed by atoms with E-state index in [-0.39, 0.29) is 0 Å². The Morgan fingerprint density at radius 2 is 1.35 bits per heavy atom. The highest BCUT2D eigenvalue weighted by Gasteiger charge is 2.29. The maximum absolute atomic E-state index is 3.93. The van der Waals surface area contributed by atoms with E-state index in [1.807, 2.05) is 0 Å². The van der Waals surface area contributed by atoms with Crippen molar-refractivity contribution in [2.75, 3.05) is 13.1 Å². The van der Waals surface area contributed by atoms with Gasteiger partial charge in [-0.05, 0) is 45.1 Å². The van der Waals surface area contributed by atoms with Gasteiger partial charge in [0.15, 0.2) is 0 Å². The highest BCUT2D eigenvalue weighted by atomic mass is 15.2. The Bertz CT molecular complexity index is 229. The van der Waals surface area contributed by atoms with Crippen molar-refractivity contribution in [3.63, 3.8) is 0 Å². The first-order chi connectivity index (χ1) is 8.42. The molecule has 2 nitrogen and oxygen atoms in total. The van der Waals surface area contributed by atoms with Gasteiger partial charge in [0.2, 0.25) is 0 Å². The molecule has 0 aromatic rings. The predicted octanol–water partition coefficient (Wildman–Crippen LogP) is 2.93. The Labute approximate surface area is 106 Å². The maximum Gasteiger partial charge on any atom is 0.0198 e. The van der Waals surface area contributed by atoms with Gasteiger partial charge in [-0.1, -0.05) is 25.7 Å². The van der Waals surface area contributed by atoms with E-state index in [0.29, 0.717) is 0 Å². The maximum atomic E-state index is 3.93. The Hall–Kier alpha value is -0.0800. The number of nitrogens with one attached hydrogen (secondary N) is 1. The Morgan fingerprint density at radius 3 is 2.12 bits per heavy atom.